The summed E-state index contributed by atoms with van der Waals surface area (Å²) in [6.07, 6.45) is 6.30. The second-order valence-corrected chi connectivity index (χ2v) is 5.75. The van der Waals surface area contributed by atoms with E-state index in [-0.39, 0.29) is 0 Å². The highest BCUT2D eigenvalue weighted by atomic mass is 79.9. The van der Waals surface area contributed by atoms with Crippen molar-refractivity contribution in [3.8, 4) is 0 Å². The number of nitrogens with one attached hydrogen (secondary N) is 1. The average Bonchev–Trinajstić information content (AvgIpc) is 2.90. The van der Waals surface area contributed by atoms with E-state index in [0.29, 0.717) is 6.04 Å². The largest absolute Gasteiger partial charge is 0.457 e. The third kappa shape index (κ3) is 4.50. The van der Waals surface area contributed by atoms with Gasteiger partial charge in [0.25, 0.3) is 0 Å². The maximum atomic E-state index is 5.37. The molecule has 20 heavy (non-hydrogen) atoms. The minimum atomic E-state index is 0.367. The maximum Gasteiger partial charge on any atom is 0.173 e. The van der Waals surface area contributed by atoms with E-state index < -0.39 is 0 Å². The lowest BCUT2D eigenvalue weighted by Crippen LogP contribution is -2.22. The molecule has 0 saturated heterocycles. The smallest absolute Gasteiger partial charge is 0.173 e. The summed E-state index contributed by atoms with van der Waals surface area (Å²) in [5, 5.41) is 3.61. The summed E-state index contributed by atoms with van der Waals surface area (Å²) >= 11 is 3.49. The van der Waals surface area contributed by atoms with E-state index in [1.807, 2.05) is 0 Å². The second-order valence-electron chi connectivity index (χ2n) is 5.03. The first-order valence-electron chi connectivity index (χ1n) is 7.31. The predicted octanol–water partition coefficient (Wildman–Crippen LogP) is 5.11. The van der Waals surface area contributed by atoms with Crippen molar-refractivity contribution >= 4 is 15.9 Å². The molecule has 1 atom stereocenters. The van der Waals surface area contributed by atoms with Crippen LogP contribution in [0.25, 0.3) is 0 Å². The van der Waals surface area contributed by atoms with Crippen LogP contribution in [0.1, 0.15) is 43.4 Å². The van der Waals surface area contributed by atoms with Crippen molar-refractivity contribution < 1.29 is 4.42 Å². The Balaban J connectivity index is 1.89. The lowest BCUT2D eigenvalue weighted by Gasteiger charge is -2.17. The van der Waals surface area contributed by atoms with Gasteiger partial charge in [0.2, 0.25) is 0 Å². The van der Waals surface area contributed by atoms with E-state index in [1.165, 1.54) is 17.5 Å². The van der Waals surface area contributed by atoms with Crippen molar-refractivity contribution in [3.05, 3.63) is 58.5 Å². The van der Waals surface area contributed by atoms with Crippen molar-refractivity contribution in [1.82, 2.24) is 5.32 Å². The molecule has 108 valence electrons. The fraction of sp³-hybridized carbons (Fsp3) is 0.412. The molecular formula is C17H22BrNO. The number of halogens is 1. The van der Waals surface area contributed by atoms with Crippen LogP contribution < -0.4 is 5.32 Å². The zero-order valence-corrected chi connectivity index (χ0v) is 13.5. The zero-order valence-electron chi connectivity index (χ0n) is 11.9. The molecular weight excluding hydrogens is 314 g/mol. The molecule has 1 aromatic carbocycles. The number of hydrogen-bond acceptors (Lipinski definition) is 2. The van der Waals surface area contributed by atoms with Crippen LogP contribution in [0.4, 0.5) is 0 Å². The van der Waals surface area contributed by atoms with Gasteiger partial charge in [-0.05, 0) is 59.8 Å². The molecule has 0 aliphatic heterocycles. The van der Waals surface area contributed by atoms with Crippen molar-refractivity contribution in [2.24, 2.45) is 0 Å². The van der Waals surface area contributed by atoms with Gasteiger partial charge in [-0.2, -0.15) is 0 Å². The van der Waals surface area contributed by atoms with Gasteiger partial charge in [-0.3, -0.25) is 0 Å². The quantitative estimate of drug-likeness (QED) is 0.725. The Morgan fingerprint density at radius 3 is 2.65 bits per heavy atom. The van der Waals surface area contributed by atoms with Gasteiger partial charge in [0, 0.05) is 11.6 Å². The number of aryl methyl sites for hydroxylation is 1. The first-order valence-corrected chi connectivity index (χ1v) is 8.10. The Morgan fingerprint density at radius 2 is 2.00 bits per heavy atom. The molecule has 3 heteroatoms. The normalized spacial score (nSPS) is 12.5. The summed E-state index contributed by atoms with van der Waals surface area (Å²) in [7, 11) is 0. The third-order valence-corrected chi connectivity index (χ3v) is 4.11. The van der Waals surface area contributed by atoms with Gasteiger partial charge in [0.15, 0.2) is 4.67 Å². The molecule has 1 aromatic heterocycles. The maximum absolute atomic E-state index is 5.37. The van der Waals surface area contributed by atoms with Gasteiger partial charge in [-0.15, -0.1) is 0 Å². The first-order chi connectivity index (χ1) is 9.81. The highest BCUT2D eigenvalue weighted by Crippen LogP contribution is 2.28. The van der Waals surface area contributed by atoms with Crippen LogP contribution >= 0.6 is 15.9 Å². The molecule has 0 aliphatic rings. The molecule has 1 N–H and O–H groups in total. The van der Waals surface area contributed by atoms with E-state index >= 15 is 0 Å². The average molecular weight is 336 g/mol. The number of furan rings is 1. The van der Waals surface area contributed by atoms with E-state index in [0.717, 1.165) is 30.5 Å². The molecule has 0 amide bonds. The Bertz CT molecular complexity index is 495. The summed E-state index contributed by atoms with van der Waals surface area (Å²) in [6.45, 7) is 3.23. The molecule has 0 bridgehead atoms. The molecule has 2 rings (SSSR count). The van der Waals surface area contributed by atoms with E-state index in [2.05, 4.69) is 64.6 Å². The molecule has 0 spiro atoms. The fourth-order valence-corrected chi connectivity index (χ4v) is 2.91. The zero-order chi connectivity index (χ0) is 14.2. The molecule has 0 radical (unpaired) electrons. The topological polar surface area (TPSA) is 25.2 Å². The van der Waals surface area contributed by atoms with E-state index in [1.54, 1.807) is 6.26 Å². The van der Waals surface area contributed by atoms with Crippen molar-refractivity contribution in [2.45, 2.75) is 38.6 Å². The van der Waals surface area contributed by atoms with Gasteiger partial charge < -0.3 is 9.73 Å². The third-order valence-electron chi connectivity index (χ3n) is 3.46. The number of benzene rings is 1. The molecule has 1 unspecified atom stereocenters. The molecule has 2 aromatic rings. The van der Waals surface area contributed by atoms with Gasteiger partial charge >= 0.3 is 0 Å². The van der Waals surface area contributed by atoms with Crippen LogP contribution in [0, 0.1) is 0 Å². The standard InChI is InChI=1S/C17H22BrNO/c1-2-12-19-16(15-11-13-20-17(15)18)10-6-9-14-7-4-3-5-8-14/h3-5,7-8,11,13,16,19H,2,6,9-10,12H2,1H3. The minimum absolute atomic E-state index is 0.367. The lowest BCUT2D eigenvalue weighted by atomic mass is 10.0. The number of rotatable bonds is 8. The summed E-state index contributed by atoms with van der Waals surface area (Å²) in [4.78, 5) is 0. The van der Waals surface area contributed by atoms with Gasteiger partial charge in [0.05, 0.1) is 6.26 Å². The Kier molecular flexibility index (Phi) is 6.34. The van der Waals surface area contributed by atoms with Crippen molar-refractivity contribution in [3.63, 3.8) is 0 Å². The Labute approximate surface area is 129 Å². The lowest BCUT2D eigenvalue weighted by molar-refractivity contribution is 0.468. The van der Waals surface area contributed by atoms with Crippen LogP contribution in [0.3, 0.4) is 0 Å². The molecule has 0 aliphatic carbocycles. The Morgan fingerprint density at radius 1 is 1.20 bits per heavy atom. The molecule has 0 saturated carbocycles. The van der Waals surface area contributed by atoms with Gasteiger partial charge in [-0.1, -0.05) is 37.3 Å². The SMILES string of the molecule is CCCNC(CCCc1ccccc1)c1ccoc1Br. The fourth-order valence-electron chi connectivity index (χ4n) is 2.39. The van der Waals surface area contributed by atoms with Gasteiger partial charge in [0.1, 0.15) is 0 Å². The van der Waals surface area contributed by atoms with E-state index in [4.69, 9.17) is 4.42 Å². The minimum Gasteiger partial charge on any atom is -0.457 e. The highest BCUT2D eigenvalue weighted by molar-refractivity contribution is 9.10. The Hall–Kier alpha value is -1.06. The number of hydrogen-bond donors (Lipinski definition) is 1. The van der Waals surface area contributed by atoms with Crippen LogP contribution in [-0.4, -0.2) is 6.54 Å². The van der Waals surface area contributed by atoms with Gasteiger partial charge in [-0.25, -0.2) is 0 Å². The molecule has 1 heterocycles. The second kappa shape index (κ2) is 8.28. The summed E-state index contributed by atoms with van der Waals surface area (Å²) < 4.78 is 6.22. The summed E-state index contributed by atoms with van der Waals surface area (Å²) in [5.74, 6) is 0. The van der Waals surface area contributed by atoms with Crippen molar-refractivity contribution in [1.29, 1.82) is 0 Å². The molecule has 2 nitrogen and oxygen atoms in total. The first kappa shape index (κ1) is 15.3. The summed E-state index contributed by atoms with van der Waals surface area (Å²) in [5.41, 5.74) is 2.64. The van der Waals surface area contributed by atoms with Crippen molar-refractivity contribution in [2.75, 3.05) is 6.54 Å². The van der Waals surface area contributed by atoms with Crippen LogP contribution in [-0.2, 0) is 6.42 Å². The van der Waals surface area contributed by atoms with Crippen LogP contribution in [0.15, 0.2) is 51.7 Å². The van der Waals surface area contributed by atoms with Crippen LogP contribution in [0.5, 0.6) is 0 Å². The summed E-state index contributed by atoms with van der Waals surface area (Å²) in [6, 6.07) is 13.1. The highest BCUT2D eigenvalue weighted by Gasteiger charge is 2.15. The molecule has 0 fully saturated rings. The van der Waals surface area contributed by atoms with E-state index in [9.17, 15) is 0 Å². The predicted molar refractivity (Wildman–Crippen MR) is 86.8 cm³/mol. The monoisotopic (exact) mass is 335 g/mol. The van der Waals surface area contributed by atoms with Crippen LogP contribution in [0.2, 0.25) is 0 Å².